The molecule has 0 saturated carbocycles. The number of benzene rings is 1. The van der Waals surface area contributed by atoms with Gasteiger partial charge in [-0.15, -0.1) is 0 Å². The largest absolute Gasteiger partial charge is 0.392 e. The molecule has 5 heteroatoms. The summed E-state index contributed by atoms with van der Waals surface area (Å²) in [5, 5.41) is 14.9. The Balaban J connectivity index is 1.83. The van der Waals surface area contributed by atoms with Crippen molar-refractivity contribution in [3.8, 4) is 0 Å². The lowest BCUT2D eigenvalue weighted by Crippen LogP contribution is -2.44. The molecule has 2 unspecified atom stereocenters. The van der Waals surface area contributed by atoms with Gasteiger partial charge in [-0.25, -0.2) is 4.79 Å². The molecule has 104 valence electrons. The number of ether oxygens (including phenoxy) is 1. The van der Waals surface area contributed by atoms with Crippen molar-refractivity contribution in [1.29, 1.82) is 0 Å². The van der Waals surface area contributed by atoms with E-state index in [1.54, 1.807) is 0 Å². The summed E-state index contributed by atoms with van der Waals surface area (Å²) >= 11 is 0. The summed E-state index contributed by atoms with van der Waals surface area (Å²) in [5.41, 5.74) is 1.76. The van der Waals surface area contributed by atoms with Gasteiger partial charge in [0.1, 0.15) is 0 Å². The molecule has 1 heterocycles. The molecule has 3 N–H and O–H groups in total. The van der Waals surface area contributed by atoms with Crippen molar-refractivity contribution >= 4 is 6.03 Å². The average molecular weight is 264 g/mol. The van der Waals surface area contributed by atoms with Crippen molar-refractivity contribution in [2.24, 2.45) is 0 Å². The molecule has 0 aliphatic carbocycles. The van der Waals surface area contributed by atoms with E-state index in [1.807, 2.05) is 31.2 Å². The fourth-order valence-electron chi connectivity index (χ4n) is 2.20. The number of hydrogen-bond donors (Lipinski definition) is 3. The monoisotopic (exact) mass is 264 g/mol. The van der Waals surface area contributed by atoms with Crippen LogP contribution in [0.25, 0.3) is 0 Å². The van der Waals surface area contributed by atoms with Crippen LogP contribution in [-0.2, 0) is 17.9 Å². The highest BCUT2D eigenvalue weighted by Crippen LogP contribution is 2.12. The molecule has 0 aromatic heterocycles. The van der Waals surface area contributed by atoms with E-state index in [0.29, 0.717) is 13.2 Å². The van der Waals surface area contributed by atoms with Gasteiger partial charge in [-0.1, -0.05) is 24.3 Å². The van der Waals surface area contributed by atoms with Crippen LogP contribution in [0.3, 0.4) is 0 Å². The van der Waals surface area contributed by atoms with E-state index >= 15 is 0 Å². The van der Waals surface area contributed by atoms with E-state index in [1.165, 1.54) is 0 Å². The minimum absolute atomic E-state index is 0.0209. The fourth-order valence-corrected chi connectivity index (χ4v) is 2.20. The molecule has 5 nitrogen and oxygen atoms in total. The van der Waals surface area contributed by atoms with E-state index in [0.717, 1.165) is 17.5 Å². The molecule has 2 amide bonds. The summed E-state index contributed by atoms with van der Waals surface area (Å²) < 4.78 is 5.39. The van der Waals surface area contributed by atoms with Gasteiger partial charge in [0.05, 0.1) is 18.8 Å². The molecule has 1 saturated heterocycles. The summed E-state index contributed by atoms with van der Waals surface area (Å²) in [5.74, 6) is 0. The standard InChI is InChI=1S/C14H20N2O3/c1-10-13(6-7-19-10)16-14(18)15-8-11-4-2-3-5-12(11)9-17/h2-5,10,13,17H,6-9H2,1H3,(H2,15,16,18). The molecular weight excluding hydrogens is 244 g/mol. The first-order valence-electron chi connectivity index (χ1n) is 6.54. The van der Waals surface area contributed by atoms with Crippen LogP contribution in [0.15, 0.2) is 24.3 Å². The molecule has 1 aliphatic heterocycles. The van der Waals surface area contributed by atoms with Crippen molar-refractivity contribution in [2.45, 2.75) is 38.6 Å². The first-order chi connectivity index (χ1) is 9.20. The normalized spacial score (nSPS) is 22.2. The molecule has 1 aromatic rings. The van der Waals surface area contributed by atoms with E-state index in [4.69, 9.17) is 4.74 Å². The van der Waals surface area contributed by atoms with Gasteiger partial charge in [-0.05, 0) is 24.5 Å². The lowest BCUT2D eigenvalue weighted by atomic mass is 10.1. The van der Waals surface area contributed by atoms with Crippen LogP contribution in [0, 0.1) is 0 Å². The Bertz CT molecular complexity index is 436. The summed E-state index contributed by atoms with van der Waals surface area (Å²) in [4.78, 5) is 11.8. The second-order valence-electron chi connectivity index (χ2n) is 4.72. The molecule has 2 atom stereocenters. The van der Waals surface area contributed by atoms with Crippen LogP contribution in [0.1, 0.15) is 24.5 Å². The Morgan fingerprint density at radius 3 is 2.79 bits per heavy atom. The van der Waals surface area contributed by atoms with Crippen molar-refractivity contribution in [3.63, 3.8) is 0 Å². The SMILES string of the molecule is CC1OCCC1NC(=O)NCc1ccccc1CO. The predicted molar refractivity (Wildman–Crippen MR) is 71.6 cm³/mol. The maximum absolute atomic E-state index is 11.8. The van der Waals surface area contributed by atoms with Gasteiger partial charge >= 0.3 is 6.03 Å². The zero-order valence-electron chi connectivity index (χ0n) is 11.1. The van der Waals surface area contributed by atoms with Crippen LogP contribution in [-0.4, -0.2) is 29.9 Å². The number of aliphatic hydroxyl groups excluding tert-OH is 1. The third-order valence-corrected chi connectivity index (χ3v) is 3.42. The van der Waals surface area contributed by atoms with Gasteiger partial charge in [0.25, 0.3) is 0 Å². The van der Waals surface area contributed by atoms with E-state index in [9.17, 15) is 9.90 Å². The Hall–Kier alpha value is -1.59. The topological polar surface area (TPSA) is 70.6 Å². The molecule has 2 rings (SSSR count). The number of aliphatic hydroxyl groups is 1. The van der Waals surface area contributed by atoms with Crippen LogP contribution < -0.4 is 10.6 Å². The quantitative estimate of drug-likeness (QED) is 0.764. The molecule has 0 bridgehead atoms. The first kappa shape index (κ1) is 13.8. The number of urea groups is 1. The van der Waals surface area contributed by atoms with Crippen LogP contribution in [0.5, 0.6) is 0 Å². The minimum atomic E-state index is -0.199. The smallest absolute Gasteiger partial charge is 0.315 e. The maximum Gasteiger partial charge on any atom is 0.315 e. The average Bonchev–Trinajstić information content (AvgIpc) is 2.82. The number of carbonyl (C=O) groups is 1. The van der Waals surface area contributed by atoms with Crippen LogP contribution in [0.2, 0.25) is 0 Å². The van der Waals surface area contributed by atoms with Gasteiger partial charge in [0.15, 0.2) is 0 Å². The first-order valence-corrected chi connectivity index (χ1v) is 6.54. The Morgan fingerprint density at radius 1 is 1.42 bits per heavy atom. The molecule has 0 spiro atoms. The summed E-state index contributed by atoms with van der Waals surface area (Å²) in [6, 6.07) is 7.38. The number of carbonyl (C=O) groups excluding carboxylic acids is 1. The molecule has 0 radical (unpaired) electrons. The zero-order chi connectivity index (χ0) is 13.7. The Labute approximate surface area is 113 Å². The Kier molecular flexibility index (Phi) is 4.76. The van der Waals surface area contributed by atoms with Gasteiger partial charge in [-0.3, -0.25) is 0 Å². The predicted octanol–water partition coefficient (Wildman–Crippen LogP) is 1.16. The van der Waals surface area contributed by atoms with Crippen LogP contribution >= 0.6 is 0 Å². The highest BCUT2D eigenvalue weighted by molar-refractivity contribution is 5.74. The molecule has 1 aliphatic rings. The summed E-state index contributed by atoms with van der Waals surface area (Å²) in [6.45, 7) is 3.04. The van der Waals surface area contributed by atoms with Crippen molar-refractivity contribution in [3.05, 3.63) is 35.4 Å². The number of hydrogen-bond acceptors (Lipinski definition) is 3. The van der Waals surface area contributed by atoms with Gasteiger partial charge in [0, 0.05) is 13.2 Å². The third kappa shape index (κ3) is 3.68. The van der Waals surface area contributed by atoms with Crippen molar-refractivity contribution < 1.29 is 14.6 Å². The third-order valence-electron chi connectivity index (χ3n) is 3.42. The Morgan fingerprint density at radius 2 is 2.16 bits per heavy atom. The summed E-state index contributed by atoms with van der Waals surface area (Å²) in [6.07, 6.45) is 0.914. The van der Waals surface area contributed by atoms with E-state index < -0.39 is 0 Å². The second kappa shape index (κ2) is 6.54. The lowest BCUT2D eigenvalue weighted by Gasteiger charge is -2.17. The minimum Gasteiger partial charge on any atom is -0.392 e. The van der Waals surface area contributed by atoms with Crippen LogP contribution in [0.4, 0.5) is 4.79 Å². The number of nitrogens with one attached hydrogen (secondary N) is 2. The van der Waals surface area contributed by atoms with Gasteiger partial charge in [-0.2, -0.15) is 0 Å². The fraction of sp³-hybridized carbons (Fsp3) is 0.500. The molecule has 19 heavy (non-hydrogen) atoms. The number of rotatable bonds is 4. The van der Waals surface area contributed by atoms with Crippen molar-refractivity contribution in [1.82, 2.24) is 10.6 Å². The molecular formula is C14H20N2O3. The number of amides is 2. The van der Waals surface area contributed by atoms with Crippen molar-refractivity contribution in [2.75, 3.05) is 6.61 Å². The second-order valence-corrected chi connectivity index (χ2v) is 4.72. The van der Waals surface area contributed by atoms with E-state index in [-0.39, 0.29) is 24.8 Å². The molecule has 1 fully saturated rings. The zero-order valence-corrected chi connectivity index (χ0v) is 11.1. The lowest BCUT2D eigenvalue weighted by molar-refractivity contribution is 0.114. The maximum atomic E-state index is 11.8. The van der Waals surface area contributed by atoms with Gasteiger partial charge < -0.3 is 20.5 Å². The highest BCUT2D eigenvalue weighted by atomic mass is 16.5. The highest BCUT2D eigenvalue weighted by Gasteiger charge is 2.25. The summed E-state index contributed by atoms with van der Waals surface area (Å²) in [7, 11) is 0. The van der Waals surface area contributed by atoms with Gasteiger partial charge in [0.2, 0.25) is 0 Å². The van der Waals surface area contributed by atoms with E-state index in [2.05, 4.69) is 10.6 Å². The molecule has 1 aromatic carbocycles.